The van der Waals surface area contributed by atoms with Gasteiger partial charge in [0.1, 0.15) is 0 Å². The van der Waals surface area contributed by atoms with Crippen molar-refractivity contribution in [3.05, 3.63) is 59.2 Å². The van der Waals surface area contributed by atoms with Crippen LogP contribution in [0.15, 0.2) is 42.5 Å². The van der Waals surface area contributed by atoms with Gasteiger partial charge in [-0.25, -0.2) is 4.79 Å². The largest absolute Gasteiger partial charge is 0.478 e. The molecule has 0 radical (unpaired) electrons. The molecule has 2 unspecified atom stereocenters. The average Bonchev–Trinajstić information content (AvgIpc) is 2.84. The summed E-state index contributed by atoms with van der Waals surface area (Å²) in [6.07, 6.45) is 7.09. The molecule has 0 spiro atoms. The third-order valence-corrected chi connectivity index (χ3v) is 8.30. The molecule has 0 bridgehead atoms. The zero-order valence-electron chi connectivity index (χ0n) is 20.0. The molecule has 1 N–H and O–H groups in total. The molecule has 0 aromatic heterocycles. The minimum atomic E-state index is -0.897. The number of rotatable bonds is 8. The summed E-state index contributed by atoms with van der Waals surface area (Å²) in [6.45, 7) is 6.82. The highest BCUT2D eigenvalue weighted by Gasteiger charge is 2.31. The van der Waals surface area contributed by atoms with E-state index >= 15 is 0 Å². The van der Waals surface area contributed by atoms with Gasteiger partial charge in [0.05, 0.1) is 18.3 Å². The first-order chi connectivity index (χ1) is 16.0. The van der Waals surface area contributed by atoms with Crippen LogP contribution in [0.4, 0.5) is 0 Å². The highest BCUT2D eigenvalue weighted by molar-refractivity contribution is 7.99. The van der Waals surface area contributed by atoms with E-state index in [1.165, 1.54) is 43.6 Å². The Kier molecular flexibility index (Phi) is 8.50. The molecule has 4 nitrogen and oxygen atoms in total. The number of carbonyl (C=O) groups is 1. The molecule has 0 amide bonds. The zero-order valence-corrected chi connectivity index (χ0v) is 20.8. The van der Waals surface area contributed by atoms with E-state index in [0.717, 1.165) is 41.3 Å². The standard InChI is InChI=1S/C28H37NO3S/c1-20-8-6-7-11-24(20)26-16-22(12-13-25(26)28(30)31)18-32-21(2)17-29-14-15-33-19-27(29)23-9-4-3-5-10-23/h6-8,11-13,16,21,23,27H,3-5,9-10,14-15,17-19H2,1-2H3,(H,30,31). The maximum absolute atomic E-state index is 11.8. The number of ether oxygens (including phenoxy) is 1. The third kappa shape index (κ3) is 6.20. The predicted octanol–water partition coefficient (Wildman–Crippen LogP) is 6.26. The van der Waals surface area contributed by atoms with Crippen molar-refractivity contribution < 1.29 is 14.6 Å². The number of aryl methyl sites for hydroxylation is 1. The van der Waals surface area contributed by atoms with Crippen LogP contribution in [0.5, 0.6) is 0 Å². The van der Waals surface area contributed by atoms with Crippen LogP contribution in [-0.2, 0) is 11.3 Å². The maximum Gasteiger partial charge on any atom is 0.336 e. The molecule has 33 heavy (non-hydrogen) atoms. The summed E-state index contributed by atoms with van der Waals surface area (Å²) in [4.78, 5) is 14.5. The normalized spacial score (nSPS) is 21.1. The van der Waals surface area contributed by atoms with Gasteiger partial charge in [-0.3, -0.25) is 4.90 Å². The Hall–Kier alpha value is -1.82. The Labute approximate surface area is 202 Å². The lowest BCUT2D eigenvalue weighted by Crippen LogP contribution is -2.49. The number of hydrogen-bond donors (Lipinski definition) is 1. The highest BCUT2D eigenvalue weighted by atomic mass is 32.2. The number of carboxylic acids is 1. The van der Waals surface area contributed by atoms with Crippen molar-refractivity contribution in [1.82, 2.24) is 4.90 Å². The van der Waals surface area contributed by atoms with Crippen molar-refractivity contribution in [3.63, 3.8) is 0 Å². The second-order valence-electron chi connectivity index (χ2n) is 9.66. The van der Waals surface area contributed by atoms with E-state index in [4.69, 9.17) is 4.74 Å². The van der Waals surface area contributed by atoms with Crippen molar-refractivity contribution in [3.8, 4) is 11.1 Å². The highest BCUT2D eigenvalue weighted by Crippen LogP contribution is 2.33. The van der Waals surface area contributed by atoms with Crippen molar-refractivity contribution >= 4 is 17.7 Å². The van der Waals surface area contributed by atoms with E-state index in [-0.39, 0.29) is 6.10 Å². The second-order valence-corrected chi connectivity index (χ2v) is 10.8. The predicted molar refractivity (Wildman–Crippen MR) is 137 cm³/mol. The minimum Gasteiger partial charge on any atom is -0.478 e. The fourth-order valence-corrected chi connectivity index (χ4v) is 6.68. The first kappa shape index (κ1) is 24.3. The quantitative estimate of drug-likeness (QED) is 0.496. The van der Waals surface area contributed by atoms with E-state index in [1.54, 1.807) is 6.07 Å². The Morgan fingerprint density at radius 1 is 1.15 bits per heavy atom. The molecule has 2 aromatic rings. The van der Waals surface area contributed by atoms with Crippen LogP contribution in [0, 0.1) is 12.8 Å². The Bertz CT molecular complexity index is 940. The van der Waals surface area contributed by atoms with Gasteiger partial charge in [-0.2, -0.15) is 11.8 Å². The molecule has 1 saturated carbocycles. The van der Waals surface area contributed by atoms with Crippen LogP contribution in [-0.4, -0.2) is 52.7 Å². The van der Waals surface area contributed by atoms with Gasteiger partial charge in [-0.15, -0.1) is 0 Å². The smallest absolute Gasteiger partial charge is 0.336 e. The molecule has 2 atom stereocenters. The van der Waals surface area contributed by atoms with E-state index < -0.39 is 5.97 Å². The molecule has 2 fully saturated rings. The fraction of sp³-hybridized carbons (Fsp3) is 0.536. The van der Waals surface area contributed by atoms with Gasteiger partial charge in [0, 0.05) is 30.6 Å². The molecular weight excluding hydrogens is 430 g/mol. The van der Waals surface area contributed by atoms with Crippen LogP contribution in [0.1, 0.15) is 60.5 Å². The average molecular weight is 468 g/mol. The third-order valence-electron chi connectivity index (χ3n) is 7.25. The van der Waals surface area contributed by atoms with Crippen molar-refractivity contribution in [1.29, 1.82) is 0 Å². The van der Waals surface area contributed by atoms with E-state index in [9.17, 15) is 9.90 Å². The lowest BCUT2D eigenvalue weighted by molar-refractivity contribution is 0.00969. The van der Waals surface area contributed by atoms with Crippen LogP contribution in [0.3, 0.4) is 0 Å². The second kappa shape index (κ2) is 11.5. The number of nitrogens with zero attached hydrogens (tertiary/aromatic N) is 1. The Balaban J connectivity index is 1.41. The summed E-state index contributed by atoms with van der Waals surface area (Å²) in [5.74, 6) is 2.42. The summed E-state index contributed by atoms with van der Waals surface area (Å²) >= 11 is 2.11. The lowest BCUT2D eigenvalue weighted by Gasteiger charge is -2.42. The lowest BCUT2D eigenvalue weighted by atomic mass is 9.83. The van der Waals surface area contributed by atoms with Crippen LogP contribution in [0.2, 0.25) is 0 Å². The van der Waals surface area contributed by atoms with Gasteiger partial charge in [-0.05, 0) is 67.0 Å². The number of hydrogen-bond acceptors (Lipinski definition) is 4. The van der Waals surface area contributed by atoms with E-state index in [0.29, 0.717) is 18.2 Å². The summed E-state index contributed by atoms with van der Waals surface area (Å²) in [5.41, 5.74) is 4.15. The number of benzene rings is 2. The van der Waals surface area contributed by atoms with Crippen molar-refractivity contribution in [2.45, 2.75) is 64.7 Å². The molecule has 2 aliphatic rings. The van der Waals surface area contributed by atoms with Gasteiger partial charge < -0.3 is 9.84 Å². The maximum atomic E-state index is 11.8. The van der Waals surface area contributed by atoms with Crippen LogP contribution < -0.4 is 0 Å². The van der Waals surface area contributed by atoms with Crippen molar-refractivity contribution in [2.75, 3.05) is 24.6 Å². The molecule has 4 rings (SSSR count). The molecule has 1 saturated heterocycles. The molecule has 5 heteroatoms. The van der Waals surface area contributed by atoms with Gasteiger partial charge in [0.25, 0.3) is 0 Å². The molecular formula is C28H37NO3S. The summed E-state index contributed by atoms with van der Waals surface area (Å²) in [5, 5.41) is 9.70. The summed E-state index contributed by atoms with van der Waals surface area (Å²) in [6, 6.07) is 14.2. The minimum absolute atomic E-state index is 0.139. The summed E-state index contributed by atoms with van der Waals surface area (Å²) < 4.78 is 6.29. The SMILES string of the molecule is Cc1ccccc1-c1cc(COC(C)CN2CCSCC2C2CCCCC2)ccc1C(=O)O. The molecule has 1 heterocycles. The number of carboxylic acid groups (broad SMARTS) is 1. The van der Waals surface area contributed by atoms with E-state index in [1.807, 2.05) is 43.3 Å². The van der Waals surface area contributed by atoms with Gasteiger partial charge in [-0.1, -0.05) is 49.6 Å². The van der Waals surface area contributed by atoms with Gasteiger partial charge in [0.15, 0.2) is 0 Å². The van der Waals surface area contributed by atoms with Gasteiger partial charge >= 0.3 is 5.97 Å². The monoisotopic (exact) mass is 467 g/mol. The van der Waals surface area contributed by atoms with Crippen LogP contribution in [0.25, 0.3) is 11.1 Å². The number of aromatic carboxylic acids is 1. The van der Waals surface area contributed by atoms with Crippen LogP contribution >= 0.6 is 11.8 Å². The first-order valence-electron chi connectivity index (χ1n) is 12.4. The van der Waals surface area contributed by atoms with E-state index in [2.05, 4.69) is 23.6 Å². The first-order valence-corrected chi connectivity index (χ1v) is 13.5. The van der Waals surface area contributed by atoms with Gasteiger partial charge in [0.2, 0.25) is 0 Å². The molecule has 1 aliphatic carbocycles. The number of thioether (sulfide) groups is 1. The Morgan fingerprint density at radius 3 is 2.70 bits per heavy atom. The molecule has 1 aliphatic heterocycles. The van der Waals surface area contributed by atoms with Crippen molar-refractivity contribution in [2.24, 2.45) is 5.92 Å². The fourth-order valence-electron chi connectivity index (χ4n) is 5.42. The topological polar surface area (TPSA) is 49.8 Å². The Morgan fingerprint density at radius 2 is 1.94 bits per heavy atom. The summed E-state index contributed by atoms with van der Waals surface area (Å²) in [7, 11) is 0. The molecule has 178 valence electrons. The zero-order chi connectivity index (χ0) is 23.2. The molecule has 2 aromatic carbocycles.